The van der Waals surface area contributed by atoms with Crippen LogP contribution in [0.4, 0.5) is 5.69 Å². The van der Waals surface area contributed by atoms with Crippen LogP contribution in [0.2, 0.25) is 0 Å². The van der Waals surface area contributed by atoms with Gasteiger partial charge in [0.1, 0.15) is 11.6 Å². The van der Waals surface area contributed by atoms with E-state index in [1.54, 1.807) is 0 Å². The monoisotopic (exact) mass is 417 g/mol. The van der Waals surface area contributed by atoms with Crippen LogP contribution in [0.3, 0.4) is 0 Å². The second-order valence-corrected chi connectivity index (χ2v) is 8.76. The number of hydrogen-bond acceptors (Lipinski definition) is 5. The Labute approximate surface area is 179 Å². The van der Waals surface area contributed by atoms with E-state index < -0.39 is 0 Å². The molecular formula is C24H23N3O2S. The second-order valence-electron chi connectivity index (χ2n) is 7.81. The summed E-state index contributed by atoms with van der Waals surface area (Å²) in [7, 11) is 4.07. The molecule has 30 heavy (non-hydrogen) atoms. The summed E-state index contributed by atoms with van der Waals surface area (Å²) in [6.07, 6.45) is 1.84. The molecule has 0 aliphatic carbocycles. The second kappa shape index (κ2) is 7.61. The molecule has 0 radical (unpaired) electrons. The van der Waals surface area contributed by atoms with E-state index in [-0.39, 0.29) is 11.9 Å². The molecule has 1 fully saturated rings. The summed E-state index contributed by atoms with van der Waals surface area (Å²) in [4.78, 5) is 22.4. The smallest absolute Gasteiger partial charge is 0.264 e. The summed E-state index contributed by atoms with van der Waals surface area (Å²) in [5.74, 6) is 0.698. The predicted octanol–water partition coefficient (Wildman–Crippen LogP) is 5.60. The molecule has 6 heteroatoms. The van der Waals surface area contributed by atoms with Crippen LogP contribution < -0.4 is 4.90 Å². The van der Waals surface area contributed by atoms with E-state index in [1.165, 1.54) is 17.0 Å². The first-order chi connectivity index (χ1) is 14.6. The molecule has 2 aromatic heterocycles. The van der Waals surface area contributed by atoms with Crippen molar-refractivity contribution in [2.45, 2.75) is 18.9 Å². The molecule has 0 bridgehead atoms. The van der Waals surface area contributed by atoms with Crippen LogP contribution in [0, 0.1) is 0 Å². The number of oxazole rings is 1. The molecule has 152 valence electrons. The van der Waals surface area contributed by atoms with Crippen molar-refractivity contribution < 1.29 is 9.21 Å². The van der Waals surface area contributed by atoms with E-state index in [4.69, 9.17) is 9.40 Å². The van der Waals surface area contributed by atoms with Crippen molar-refractivity contribution in [3.05, 3.63) is 70.7 Å². The fourth-order valence-electron chi connectivity index (χ4n) is 4.03. The van der Waals surface area contributed by atoms with Crippen molar-refractivity contribution >= 4 is 34.0 Å². The van der Waals surface area contributed by atoms with Gasteiger partial charge in [0.2, 0.25) is 5.89 Å². The molecule has 1 saturated heterocycles. The number of fused-ring (bicyclic) bond motifs is 1. The Morgan fingerprint density at radius 2 is 1.93 bits per heavy atom. The lowest BCUT2D eigenvalue weighted by atomic mass is 10.0. The predicted molar refractivity (Wildman–Crippen MR) is 121 cm³/mol. The zero-order valence-electron chi connectivity index (χ0n) is 17.0. The van der Waals surface area contributed by atoms with Crippen molar-refractivity contribution in [1.82, 2.24) is 9.88 Å². The highest BCUT2D eigenvalue weighted by Crippen LogP contribution is 2.35. The Bertz CT molecular complexity index is 1180. The minimum Gasteiger partial charge on any atom is -0.438 e. The number of carbonyl (C=O) groups excluding carboxylic acids is 1. The molecule has 1 aliphatic heterocycles. The largest absolute Gasteiger partial charge is 0.438 e. The van der Waals surface area contributed by atoms with Crippen molar-refractivity contribution in [3.63, 3.8) is 0 Å². The van der Waals surface area contributed by atoms with Gasteiger partial charge in [-0.3, -0.25) is 4.79 Å². The molecule has 4 aromatic rings. The molecule has 1 aliphatic rings. The van der Waals surface area contributed by atoms with Gasteiger partial charge in [-0.1, -0.05) is 24.3 Å². The number of amides is 1. The van der Waals surface area contributed by atoms with Gasteiger partial charge in [-0.05, 0) is 59.7 Å². The zero-order chi connectivity index (χ0) is 20.7. The number of benzene rings is 2. The molecule has 0 saturated carbocycles. The van der Waals surface area contributed by atoms with Crippen LogP contribution in [0.1, 0.15) is 34.4 Å². The quantitative estimate of drug-likeness (QED) is 0.434. The lowest BCUT2D eigenvalue weighted by Gasteiger charge is -2.21. The number of nitrogens with zero attached hydrogens (tertiary/aromatic N) is 3. The topological polar surface area (TPSA) is 49.6 Å². The van der Waals surface area contributed by atoms with Crippen LogP contribution in [-0.4, -0.2) is 36.4 Å². The summed E-state index contributed by atoms with van der Waals surface area (Å²) in [6.45, 7) is 0.740. The normalized spacial score (nSPS) is 16.3. The fraction of sp³-hybridized carbons (Fsp3) is 0.250. The van der Waals surface area contributed by atoms with Gasteiger partial charge in [0, 0.05) is 26.3 Å². The molecule has 5 rings (SSSR count). The van der Waals surface area contributed by atoms with E-state index in [0.717, 1.165) is 46.5 Å². The first kappa shape index (κ1) is 18.9. The van der Waals surface area contributed by atoms with E-state index in [9.17, 15) is 4.79 Å². The Morgan fingerprint density at radius 3 is 2.67 bits per heavy atom. The summed E-state index contributed by atoms with van der Waals surface area (Å²) in [5, 5.41) is 1.93. The average molecular weight is 418 g/mol. The lowest BCUT2D eigenvalue weighted by molar-refractivity contribution is 0.0722. The van der Waals surface area contributed by atoms with E-state index in [0.29, 0.717) is 5.89 Å². The molecule has 0 N–H and O–H groups in total. The minimum atomic E-state index is -0.102. The molecule has 1 amide bonds. The number of thiophene rings is 1. The average Bonchev–Trinajstić information content (AvgIpc) is 3.52. The van der Waals surface area contributed by atoms with Crippen LogP contribution in [0.15, 0.2) is 64.4 Å². The van der Waals surface area contributed by atoms with Crippen molar-refractivity contribution in [2.75, 3.05) is 25.5 Å². The van der Waals surface area contributed by atoms with Gasteiger partial charge in [0.15, 0.2) is 5.58 Å². The molecule has 3 heterocycles. The fourth-order valence-corrected chi connectivity index (χ4v) is 4.71. The third-order valence-electron chi connectivity index (χ3n) is 5.65. The zero-order valence-corrected chi connectivity index (χ0v) is 17.9. The van der Waals surface area contributed by atoms with Crippen molar-refractivity contribution in [1.29, 1.82) is 0 Å². The van der Waals surface area contributed by atoms with Crippen molar-refractivity contribution in [3.8, 4) is 11.1 Å². The van der Waals surface area contributed by atoms with Gasteiger partial charge in [0.05, 0.1) is 4.88 Å². The van der Waals surface area contributed by atoms with Crippen LogP contribution in [0.5, 0.6) is 0 Å². The van der Waals surface area contributed by atoms with Gasteiger partial charge >= 0.3 is 0 Å². The highest BCUT2D eigenvalue weighted by Gasteiger charge is 2.34. The Morgan fingerprint density at radius 1 is 1.13 bits per heavy atom. The number of carbonyl (C=O) groups is 1. The van der Waals surface area contributed by atoms with Crippen LogP contribution >= 0.6 is 11.3 Å². The first-order valence-electron chi connectivity index (χ1n) is 10.1. The summed E-state index contributed by atoms with van der Waals surface area (Å²) in [6, 6.07) is 18.2. The maximum atomic E-state index is 12.9. The number of anilines is 1. The van der Waals surface area contributed by atoms with E-state index in [2.05, 4.69) is 41.3 Å². The van der Waals surface area contributed by atoms with Crippen LogP contribution in [-0.2, 0) is 0 Å². The molecule has 1 atom stereocenters. The van der Waals surface area contributed by atoms with Gasteiger partial charge in [-0.2, -0.15) is 0 Å². The van der Waals surface area contributed by atoms with Gasteiger partial charge < -0.3 is 14.2 Å². The first-order valence-corrected chi connectivity index (χ1v) is 11.0. The number of likely N-dealkylation sites (tertiary alicyclic amines) is 1. The summed E-state index contributed by atoms with van der Waals surface area (Å²) >= 11 is 1.48. The highest BCUT2D eigenvalue weighted by atomic mass is 32.1. The Balaban J connectivity index is 1.44. The number of hydrogen-bond donors (Lipinski definition) is 0. The molecule has 5 nitrogen and oxygen atoms in total. The van der Waals surface area contributed by atoms with Crippen molar-refractivity contribution in [2.24, 2.45) is 0 Å². The molecule has 2 aromatic carbocycles. The third-order valence-corrected chi connectivity index (χ3v) is 6.51. The lowest BCUT2D eigenvalue weighted by Crippen LogP contribution is -2.30. The molecule has 0 spiro atoms. The highest BCUT2D eigenvalue weighted by molar-refractivity contribution is 7.12. The SMILES string of the molecule is CN(C)c1ccc(-c2ccc3oc([C@@H]4CCCN4C(=O)c4cccs4)nc3c2)cc1. The standard InChI is InChI=1S/C24H23N3O2S/c1-26(2)18-10-7-16(8-11-18)17-9-12-21-19(15-17)25-23(29-21)20-5-3-13-27(20)24(28)22-6-4-14-30-22/h4,6-12,14-15,20H,3,5,13H2,1-2H3/t20-/m0/s1. The van der Waals surface area contributed by atoms with Gasteiger partial charge in [-0.25, -0.2) is 4.98 Å². The minimum absolute atomic E-state index is 0.0661. The number of rotatable bonds is 4. The maximum Gasteiger partial charge on any atom is 0.264 e. The van der Waals surface area contributed by atoms with Gasteiger partial charge in [-0.15, -0.1) is 11.3 Å². The van der Waals surface area contributed by atoms with E-state index in [1.807, 2.05) is 42.6 Å². The van der Waals surface area contributed by atoms with Gasteiger partial charge in [0.25, 0.3) is 5.91 Å². The summed E-state index contributed by atoms with van der Waals surface area (Å²) < 4.78 is 6.08. The molecular weight excluding hydrogens is 394 g/mol. The van der Waals surface area contributed by atoms with E-state index >= 15 is 0 Å². The Kier molecular flexibility index (Phi) is 4.79. The number of aromatic nitrogens is 1. The summed E-state index contributed by atoms with van der Waals surface area (Å²) in [5.41, 5.74) is 5.00. The Hall–Kier alpha value is -3.12. The van der Waals surface area contributed by atoms with Crippen LogP contribution in [0.25, 0.3) is 22.2 Å². The maximum absolute atomic E-state index is 12.9. The molecule has 0 unspecified atom stereocenters. The third kappa shape index (κ3) is 3.37.